The van der Waals surface area contributed by atoms with E-state index in [0.29, 0.717) is 10.4 Å². The van der Waals surface area contributed by atoms with Gasteiger partial charge in [-0.05, 0) is 25.0 Å². The Labute approximate surface area is 174 Å². The molecule has 29 heavy (non-hydrogen) atoms. The number of hydrogen-bond donors (Lipinski definition) is 0. The summed E-state index contributed by atoms with van der Waals surface area (Å²) in [7, 11) is 0. The van der Waals surface area contributed by atoms with E-state index >= 15 is 0 Å². The van der Waals surface area contributed by atoms with Gasteiger partial charge in [0.05, 0.1) is 10.5 Å². The van der Waals surface area contributed by atoms with Crippen molar-refractivity contribution < 1.29 is 24.0 Å². The zero-order chi connectivity index (χ0) is 21.0. The second-order valence-electron chi connectivity index (χ2n) is 6.29. The van der Waals surface area contributed by atoms with E-state index in [1.807, 2.05) is 4.90 Å². The van der Waals surface area contributed by atoms with Crippen LogP contribution in [0.2, 0.25) is 0 Å². The number of benzene rings is 1. The minimum atomic E-state index is -0.901. The average Bonchev–Trinajstić information content (AvgIpc) is 3.18. The summed E-state index contributed by atoms with van der Waals surface area (Å²) < 4.78 is 4.82. The molecule has 1 saturated heterocycles. The summed E-state index contributed by atoms with van der Waals surface area (Å²) in [5.41, 5.74) is -0.104. The third-order valence-electron chi connectivity index (χ3n) is 4.25. The van der Waals surface area contributed by atoms with Crippen LogP contribution in [0, 0.1) is 10.1 Å². The van der Waals surface area contributed by atoms with Crippen LogP contribution in [0.15, 0.2) is 29.6 Å². The van der Waals surface area contributed by atoms with Gasteiger partial charge in [0, 0.05) is 42.8 Å². The van der Waals surface area contributed by atoms with Gasteiger partial charge < -0.3 is 9.64 Å². The standard InChI is InChI=1S/C18H17N3O6S2/c1-11(22)29-14-6-8-20(9-7-14)18-19-15(10-28-18)17(24)27-16(23)12-2-4-13(5-3-12)21(25)26/h2-5,10,14H,6-9H2,1H3. The van der Waals surface area contributed by atoms with E-state index < -0.39 is 16.9 Å². The molecular formula is C18H17N3O6S2. The molecule has 11 heteroatoms. The van der Waals surface area contributed by atoms with Crippen LogP contribution in [0.1, 0.15) is 40.6 Å². The predicted octanol–water partition coefficient (Wildman–Crippen LogP) is 3.30. The number of nitro benzene ring substituents is 1. The van der Waals surface area contributed by atoms with Crippen molar-refractivity contribution in [2.75, 3.05) is 18.0 Å². The second-order valence-corrected chi connectivity index (χ2v) is 8.61. The van der Waals surface area contributed by atoms with Crippen molar-refractivity contribution in [1.82, 2.24) is 4.98 Å². The fraction of sp³-hybridized carbons (Fsp3) is 0.333. The summed E-state index contributed by atoms with van der Waals surface area (Å²) in [6, 6.07) is 4.78. The van der Waals surface area contributed by atoms with Crippen molar-refractivity contribution >= 4 is 51.0 Å². The number of ether oxygens (including phenoxy) is 1. The second kappa shape index (κ2) is 9.14. The lowest BCUT2D eigenvalue weighted by molar-refractivity contribution is -0.384. The first-order valence-corrected chi connectivity index (χ1v) is 10.5. The molecule has 0 radical (unpaired) electrons. The molecule has 2 aromatic rings. The molecule has 1 aromatic heterocycles. The molecule has 0 amide bonds. The maximum atomic E-state index is 12.2. The van der Waals surface area contributed by atoms with Gasteiger partial charge in [-0.3, -0.25) is 14.9 Å². The molecular weight excluding hydrogens is 418 g/mol. The van der Waals surface area contributed by atoms with Gasteiger partial charge in [-0.1, -0.05) is 11.8 Å². The first-order valence-electron chi connectivity index (χ1n) is 8.72. The number of nitrogens with zero attached hydrogens (tertiary/aromatic N) is 3. The highest BCUT2D eigenvalue weighted by Gasteiger charge is 2.24. The molecule has 1 aliphatic rings. The van der Waals surface area contributed by atoms with Gasteiger partial charge in [0.25, 0.3) is 5.69 Å². The number of carbonyl (C=O) groups is 3. The Morgan fingerprint density at radius 1 is 1.21 bits per heavy atom. The van der Waals surface area contributed by atoms with Crippen molar-refractivity contribution in [1.29, 1.82) is 0 Å². The van der Waals surface area contributed by atoms with Crippen molar-refractivity contribution in [3.8, 4) is 0 Å². The highest BCUT2D eigenvalue weighted by atomic mass is 32.2. The number of anilines is 1. The molecule has 0 atom stereocenters. The lowest BCUT2D eigenvalue weighted by Crippen LogP contribution is -2.35. The van der Waals surface area contributed by atoms with Gasteiger partial charge >= 0.3 is 11.9 Å². The van der Waals surface area contributed by atoms with Crippen LogP contribution in [0.25, 0.3) is 0 Å². The summed E-state index contributed by atoms with van der Waals surface area (Å²) in [4.78, 5) is 51.8. The van der Waals surface area contributed by atoms with Crippen molar-refractivity contribution in [3.05, 3.63) is 51.0 Å². The first kappa shape index (κ1) is 20.9. The zero-order valence-corrected chi connectivity index (χ0v) is 17.0. The number of nitro groups is 1. The Balaban J connectivity index is 1.57. The van der Waals surface area contributed by atoms with E-state index in [0.717, 1.165) is 38.1 Å². The Hall–Kier alpha value is -2.79. The molecule has 3 rings (SSSR count). The monoisotopic (exact) mass is 435 g/mol. The van der Waals surface area contributed by atoms with Crippen molar-refractivity contribution in [2.24, 2.45) is 0 Å². The van der Waals surface area contributed by atoms with E-state index in [1.165, 1.54) is 40.6 Å². The summed E-state index contributed by atoms with van der Waals surface area (Å²) in [6.45, 7) is 3.02. The number of carbonyl (C=O) groups excluding carboxylic acids is 3. The van der Waals surface area contributed by atoms with E-state index in [9.17, 15) is 24.5 Å². The molecule has 0 N–H and O–H groups in total. The van der Waals surface area contributed by atoms with Crippen LogP contribution in [0.3, 0.4) is 0 Å². The highest BCUT2D eigenvalue weighted by Crippen LogP contribution is 2.29. The molecule has 0 saturated carbocycles. The molecule has 0 aliphatic carbocycles. The summed E-state index contributed by atoms with van der Waals surface area (Å²) in [5.74, 6) is -1.78. The largest absolute Gasteiger partial charge is 0.385 e. The SMILES string of the molecule is CC(=O)SC1CCN(c2nc(C(=O)OC(=O)c3ccc([N+](=O)[O-])cc3)cs2)CC1. The maximum Gasteiger partial charge on any atom is 0.365 e. The van der Waals surface area contributed by atoms with Crippen LogP contribution < -0.4 is 4.90 Å². The minimum absolute atomic E-state index is 0.0282. The Kier molecular flexibility index (Phi) is 6.60. The number of thiazole rings is 1. The summed E-state index contributed by atoms with van der Waals surface area (Å²) in [6.07, 6.45) is 1.70. The van der Waals surface area contributed by atoms with Gasteiger partial charge in [-0.2, -0.15) is 0 Å². The van der Waals surface area contributed by atoms with Crippen molar-refractivity contribution in [2.45, 2.75) is 25.0 Å². The number of esters is 2. The number of hydrogen-bond acceptors (Lipinski definition) is 10. The molecule has 1 aromatic carbocycles. The van der Waals surface area contributed by atoms with Gasteiger partial charge in [0.2, 0.25) is 0 Å². The summed E-state index contributed by atoms with van der Waals surface area (Å²) in [5, 5.41) is 13.2. The average molecular weight is 435 g/mol. The lowest BCUT2D eigenvalue weighted by Gasteiger charge is -2.30. The fourth-order valence-corrected chi connectivity index (χ4v) is 4.58. The Morgan fingerprint density at radius 2 is 1.86 bits per heavy atom. The van der Waals surface area contributed by atoms with Gasteiger partial charge in [0.15, 0.2) is 15.9 Å². The lowest BCUT2D eigenvalue weighted by atomic mass is 10.1. The van der Waals surface area contributed by atoms with E-state index in [1.54, 1.807) is 6.92 Å². The molecule has 0 unspecified atom stereocenters. The minimum Gasteiger partial charge on any atom is -0.385 e. The van der Waals surface area contributed by atoms with Crippen molar-refractivity contribution in [3.63, 3.8) is 0 Å². The Bertz CT molecular complexity index is 935. The Morgan fingerprint density at radius 3 is 2.45 bits per heavy atom. The molecule has 1 fully saturated rings. The van der Waals surface area contributed by atoms with Gasteiger partial charge in [-0.15, -0.1) is 11.3 Å². The topological polar surface area (TPSA) is 120 Å². The quantitative estimate of drug-likeness (QED) is 0.301. The predicted molar refractivity (Wildman–Crippen MR) is 108 cm³/mol. The number of thioether (sulfide) groups is 1. The van der Waals surface area contributed by atoms with E-state index in [4.69, 9.17) is 4.74 Å². The van der Waals surface area contributed by atoms with Gasteiger partial charge in [0.1, 0.15) is 0 Å². The summed E-state index contributed by atoms with van der Waals surface area (Å²) >= 11 is 2.64. The maximum absolute atomic E-state index is 12.2. The molecule has 9 nitrogen and oxygen atoms in total. The smallest absolute Gasteiger partial charge is 0.365 e. The fourth-order valence-electron chi connectivity index (χ4n) is 2.82. The van der Waals surface area contributed by atoms with Gasteiger partial charge in [-0.25, -0.2) is 14.6 Å². The normalized spacial score (nSPS) is 14.4. The first-order chi connectivity index (χ1) is 13.8. The number of rotatable bonds is 5. The highest BCUT2D eigenvalue weighted by molar-refractivity contribution is 8.14. The number of aromatic nitrogens is 1. The van der Waals surface area contributed by atoms with E-state index in [-0.39, 0.29) is 22.1 Å². The molecule has 0 bridgehead atoms. The number of non-ortho nitro benzene ring substituents is 1. The molecule has 152 valence electrons. The third-order valence-corrected chi connectivity index (χ3v) is 6.28. The van der Waals surface area contributed by atoms with Crippen LogP contribution >= 0.6 is 23.1 Å². The van der Waals surface area contributed by atoms with Crippen LogP contribution in [0.4, 0.5) is 10.8 Å². The van der Waals surface area contributed by atoms with E-state index in [2.05, 4.69) is 4.98 Å². The number of piperidine rings is 1. The van der Waals surface area contributed by atoms with Crippen LogP contribution in [-0.2, 0) is 9.53 Å². The molecule has 0 spiro atoms. The van der Waals surface area contributed by atoms with Crippen LogP contribution in [-0.4, -0.2) is 45.3 Å². The molecule has 2 heterocycles. The zero-order valence-electron chi connectivity index (χ0n) is 15.4. The third kappa shape index (κ3) is 5.39. The van der Waals surface area contributed by atoms with Crippen LogP contribution in [0.5, 0.6) is 0 Å². The molecule has 1 aliphatic heterocycles.